The predicted molar refractivity (Wildman–Crippen MR) is 94.2 cm³/mol. The summed E-state index contributed by atoms with van der Waals surface area (Å²) in [5.74, 6) is 0. The van der Waals surface area contributed by atoms with E-state index in [0.29, 0.717) is 13.2 Å². The molecule has 3 rings (SSSR count). The fraction of sp³-hybridized carbons (Fsp3) is 0.333. The van der Waals surface area contributed by atoms with Crippen molar-refractivity contribution in [2.45, 2.75) is 11.8 Å². The SMILES string of the molecule is Cc1nc(N2CCOCC2)sc1/C=N/NS(=O)(=O)c1ccccc1. The molecule has 0 atom stereocenters. The van der Waals surface area contributed by atoms with Crippen molar-refractivity contribution < 1.29 is 13.2 Å². The van der Waals surface area contributed by atoms with Crippen molar-refractivity contribution in [2.24, 2.45) is 5.10 Å². The van der Waals surface area contributed by atoms with Gasteiger partial charge in [-0.1, -0.05) is 29.5 Å². The number of hydrogen-bond donors (Lipinski definition) is 1. The highest BCUT2D eigenvalue weighted by Gasteiger charge is 2.16. The number of hydrogen-bond acceptors (Lipinski definition) is 7. The lowest BCUT2D eigenvalue weighted by molar-refractivity contribution is 0.122. The van der Waals surface area contributed by atoms with E-state index in [-0.39, 0.29) is 4.90 Å². The molecule has 2 aromatic rings. The van der Waals surface area contributed by atoms with Gasteiger partial charge < -0.3 is 9.64 Å². The Morgan fingerprint density at radius 3 is 2.71 bits per heavy atom. The van der Waals surface area contributed by atoms with Crippen LogP contribution >= 0.6 is 11.3 Å². The van der Waals surface area contributed by atoms with E-state index in [4.69, 9.17) is 4.74 Å². The molecular weight excluding hydrogens is 348 g/mol. The monoisotopic (exact) mass is 366 g/mol. The number of thiazole rings is 1. The van der Waals surface area contributed by atoms with E-state index in [1.807, 2.05) is 6.92 Å². The van der Waals surface area contributed by atoms with E-state index in [9.17, 15) is 8.42 Å². The van der Waals surface area contributed by atoms with Gasteiger partial charge >= 0.3 is 0 Å². The molecule has 0 saturated carbocycles. The molecule has 1 saturated heterocycles. The van der Waals surface area contributed by atoms with Crippen molar-refractivity contribution >= 4 is 32.7 Å². The molecule has 0 radical (unpaired) electrons. The largest absolute Gasteiger partial charge is 0.378 e. The first kappa shape index (κ1) is 16.9. The van der Waals surface area contributed by atoms with Gasteiger partial charge in [0.25, 0.3) is 10.0 Å². The topological polar surface area (TPSA) is 83.9 Å². The zero-order valence-corrected chi connectivity index (χ0v) is 14.8. The van der Waals surface area contributed by atoms with Gasteiger partial charge in [0.1, 0.15) is 0 Å². The van der Waals surface area contributed by atoms with Crippen LogP contribution in [0, 0.1) is 6.92 Å². The summed E-state index contributed by atoms with van der Waals surface area (Å²) >= 11 is 1.49. The van der Waals surface area contributed by atoms with Crippen molar-refractivity contribution in [1.29, 1.82) is 0 Å². The van der Waals surface area contributed by atoms with Crippen LogP contribution in [0.15, 0.2) is 40.3 Å². The Kier molecular flexibility index (Phi) is 5.12. The van der Waals surface area contributed by atoms with Crippen LogP contribution in [0.3, 0.4) is 0 Å². The zero-order chi connectivity index (χ0) is 17.0. The number of aromatic nitrogens is 1. The lowest BCUT2D eigenvalue weighted by atomic mass is 10.4. The summed E-state index contributed by atoms with van der Waals surface area (Å²) in [5.41, 5.74) is 0.823. The highest BCUT2D eigenvalue weighted by Crippen LogP contribution is 2.25. The van der Waals surface area contributed by atoms with Crippen LogP contribution in [0.25, 0.3) is 0 Å². The van der Waals surface area contributed by atoms with E-state index in [2.05, 4.69) is 19.8 Å². The molecule has 1 aliphatic rings. The minimum atomic E-state index is -3.65. The minimum absolute atomic E-state index is 0.178. The Hall–Kier alpha value is -1.97. The van der Waals surface area contributed by atoms with Gasteiger partial charge in [0, 0.05) is 13.1 Å². The maximum Gasteiger partial charge on any atom is 0.276 e. The molecule has 0 bridgehead atoms. The third-order valence-corrected chi connectivity index (χ3v) is 5.90. The lowest BCUT2D eigenvalue weighted by Crippen LogP contribution is -2.36. The lowest BCUT2D eigenvalue weighted by Gasteiger charge is -2.25. The summed E-state index contributed by atoms with van der Waals surface area (Å²) in [6, 6.07) is 8.13. The fourth-order valence-electron chi connectivity index (χ4n) is 2.21. The van der Waals surface area contributed by atoms with Gasteiger partial charge in [-0.05, 0) is 19.1 Å². The molecule has 1 aromatic carbocycles. The van der Waals surface area contributed by atoms with Gasteiger partial charge in [-0.15, -0.1) is 0 Å². The third-order valence-electron chi connectivity index (χ3n) is 3.51. The van der Waals surface area contributed by atoms with E-state index in [0.717, 1.165) is 28.8 Å². The molecule has 0 unspecified atom stereocenters. The molecule has 0 aliphatic carbocycles. The minimum Gasteiger partial charge on any atom is -0.378 e. The Morgan fingerprint density at radius 2 is 2.00 bits per heavy atom. The van der Waals surface area contributed by atoms with Crippen LogP contribution in [0.5, 0.6) is 0 Å². The quantitative estimate of drug-likeness (QED) is 0.642. The van der Waals surface area contributed by atoms with Crippen LogP contribution in [0.2, 0.25) is 0 Å². The second kappa shape index (κ2) is 7.29. The Labute approximate surface area is 145 Å². The van der Waals surface area contributed by atoms with Gasteiger partial charge in [-0.2, -0.15) is 13.5 Å². The maximum absolute atomic E-state index is 12.1. The number of morpholine rings is 1. The summed E-state index contributed by atoms with van der Waals surface area (Å²) < 4.78 is 29.5. The van der Waals surface area contributed by atoms with E-state index >= 15 is 0 Å². The van der Waals surface area contributed by atoms with Gasteiger partial charge in [0.2, 0.25) is 0 Å². The molecule has 1 aliphatic heterocycles. The first-order valence-electron chi connectivity index (χ1n) is 7.46. The number of hydrazone groups is 1. The van der Waals surface area contributed by atoms with Gasteiger partial charge in [0.15, 0.2) is 5.13 Å². The van der Waals surface area contributed by atoms with Crippen molar-refractivity contribution in [2.75, 3.05) is 31.2 Å². The molecule has 1 N–H and O–H groups in total. The van der Waals surface area contributed by atoms with Gasteiger partial charge in [0.05, 0.1) is 34.9 Å². The smallest absolute Gasteiger partial charge is 0.276 e. The van der Waals surface area contributed by atoms with Crippen molar-refractivity contribution in [3.05, 3.63) is 40.9 Å². The highest BCUT2D eigenvalue weighted by atomic mass is 32.2. The number of nitrogens with one attached hydrogen (secondary N) is 1. The number of ether oxygens (including phenoxy) is 1. The van der Waals surface area contributed by atoms with Crippen molar-refractivity contribution in [3.63, 3.8) is 0 Å². The standard InChI is InChI=1S/C15H18N4O3S2/c1-12-14(23-15(17-12)19-7-9-22-10-8-19)11-16-18-24(20,21)13-5-3-2-4-6-13/h2-6,11,18H,7-10H2,1H3/b16-11+. The average Bonchev–Trinajstić information content (AvgIpc) is 2.97. The first-order chi connectivity index (χ1) is 11.6. The van der Waals surface area contributed by atoms with E-state index < -0.39 is 10.0 Å². The second-order valence-corrected chi connectivity index (χ2v) is 7.88. The Bertz CT molecular complexity index is 812. The Morgan fingerprint density at radius 1 is 1.29 bits per heavy atom. The van der Waals surface area contributed by atoms with Crippen molar-refractivity contribution in [1.82, 2.24) is 9.82 Å². The number of rotatable bonds is 5. The molecule has 0 spiro atoms. The average molecular weight is 366 g/mol. The zero-order valence-electron chi connectivity index (χ0n) is 13.2. The number of benzene rings is 1. The number of anilines is 1. The summed E-state index contributed by atoms with van der Waals surface area (Å²) in [5, 5.41) is 4.78. The summed E-state index contributed by atoms with van der Waals surface area (Å²) in [6.45, 7) is 4.89. The highest BCUT2D eigenvalue weighted by molar-refractivity contribution is 7.89. The number of nitrogens with zero attached hydrogens (tertiary/aromatic N) is 3. The molecule has 1 fully saturated rings. The van der Waals surface area contributed by atoms with Crippen molar-refractivity contribution in [3.8, 4) is 0 Å². The molecule has 2 heterocycles. The van der Waals surface area contributed by atoms with Crippen LogP contribution < -0.4 is 9.73 Å². The number of aryl methyl sites for hydroxylation is 1. The molecule has 9 heteroatoms. The number of sulfonamides is 1. The fourth-order valence-corrected chi connectivity index (χ4v) is 4.01. The normalized spacial score (nSPS) is 15.8. The van der Waals surface area contributed by atoms with E-state index in [1.165, 1.54) is 29.7 Å². The molecule has 0 amide bonds. The van der Waals surface area contributed by atoms with E-state index in [1.54, 1.807) is 18.2 Å². The summed E-state index contributed by atoms with van der Waals surface area (Å²) in [6.07, 6.45) is 1.50. The molecule has 24 heavy (non-hydrogen) atoms. The van der Waals surface area contributed by atoms with Crippen LogP contribution in [0.4, 0.5) is 5.13 Å². The Balaban J connectivity index is 1.69. The third kappa shape index (κ3) is 3.92. The second-order valence-electron chi connectivity index (χ2n) is 5.21. The molecule has 1 aromatic heterocycles. The summed E-state index contributed by atoms with van der Waals surface area (Å²) in [4.78, 5) is 9.92. The summed E-state index contributed by atoms with van der Waals surface area (Å²) in [7, 11) is -3.65. The van der Waals surface area contributed by atoms with Crippen LogP contribution in [-0.2, 0) is 14.8 Å². The maximum atomic E-state index is 12.1. The molecular formula is C15H18N4O3S2. The first-order valence-corrected chi connectivity index (χ1v) is 9.76. The molecule has 7 nitrogen and oxygen atoms in total. The van der Waals surface area contributed by atoms with Crippen LogP contribution in [0.1, 0.15) is 10.6 Å². The van der Waals surface area contributed by atoms with Gasteiger partial charge in [-0.25, -0.2) is 9.82 Å². The molecule has 128 valence electrons. The predicted octanol–water partition coefficient (Wildman–Crippen LogP) is 1.60. The van der Waals surface area contributed by atoms with Gasteiger partial charge in [-0.3, -0.25) is 0 Å². The van der Waals surface area contributed by atoms with Crippen LogP contribution in [-0.4, -0.2) is 45.9 Å².